The van der Waals surface area contributed by atoms with Crippen LogP contribution in [0.15, 0.2) is 53.7 Å². The van der Waals surface area contributed by atoms with Crippen LogP contribution in [0.25, 0.3) is 0 Å². The van der Waals surface area contributed by atoms with Crippen molar-refractivity contribution in [1.29, 1.82) is 5.26 Å². The Morgan fingerprint density at radius 1 is 1.19 bits per heavy atom. The van der Waals surface area contributed by atoms with Crippen LogP contribution in [0.3, 0.4) is 0 Å². The normalized spacial score (nSPS) is 10.4. The number of nitrogens with two attached hydrogens (primary N) is 1. The Bertz CT molecular complexity index is 986. The van der Waals surface area contributed by atoms with E-state index in [4.69, 9.17) is 10.5 Å². The molecule has 1 heterocycles. The van der Waals surface area contributed by atoms with Crippen LogP contribution in [0.1, 0.15) is 22.4 Å². The molecule has 0 saturated heterocycles. The van der Waals surface area contributed by atoms with Gasteiger partial charge in [0.05, 0.1) is 0 Å². The maximum Gasteiger partial charge on any atom is 0.190 e. The largest absolute Gasteiger partial charge is 0.487 e. The molecule has 0 amide bonds. The van der Waals surface area contributed by atoms with E-state index < -0.39 is 0 Å². The Hall–Kier alpha value is -3.11. The second-order valence-electron chi connectivity index (χ2n) is 5.85. The van der Waals surface area contributed by atoms with Gasteiger partial charge in [-0.05, 0) is 36.8 Å². The van der Waals surface area contributed by atoms with Gasteiger partial charge in [-0.15, -0.1) is 0 Å². The first-order chi connectivity index (χ1) is 13.0. The van der Waals surface area contributed by atoms with Crippen molar-refractivity contribution in [2.75, 3.05) is 5.73 Å². The lowest BCUT2D eigenvalue weighted by atomic mass is 10.2. The molecule has 2 aromatic carbocycles. The summed E-state index contributed by atoms with van der Waals surface area (Å²) >= 11 is 1.44. The van der Waals surface area contributed by atoms with E-state index in [2.05, 4.69) is 16.0 Å². The van der Waals surface area contributed by atoms with Crippen LogP contribution in [0.4, 0.5) is 10.2 Å². The molecule has 0 radical (unpaired) electrons. The third kappa shape index (κ3) is 4.96. The van der Waals surface area contributed by atoms with Crippen molar-refractivity contribution in [1.82, 2.24) is 9.97 Å². The van der Waals surface area contributed by atoms with Gasteiger partial charge in [0.2, 0.25) is 0 Å². The van der Waals surface area contributed by atoms with E-state index in [9.17, 15) is 9.65 Å². The molecule has 1 aromatic heterocycles. The second kappa shape index (κ2) is 8.52. The van der Waals surface area contributed by atoms with Crippen molar-refractivity contribution in [2.24, 2.45) is 0 Å². The standard InChI is InChI=1S/C20H17FN4OS/c1-13-3-2-4-14(9-13)12-27-20-24-18(17(10-22)19(23)25-20)11-26-16-7-5-15(21)6-8-16/h2-9H,11-12H2,1H3,(H2,23,24,25). The van der Waals surface area contributed by atoms with E-state index in [0.717, 1.165) is 5.56 Å². The highest BCUT2D eigenvalue weighted by Gasteiger charge is 2.14. The molecule has 7 heteroatoms. The number of thioether (sulfide) groups is 1. The van der Waals surface area contributed by atoms with Gasteiger partial charge in [0.25, 0.3) is 0 Å². The van der Waals surface area contributed by atoms with Crippen molar-refractivity contribution in [3.63, 3.8) is 0 Å². The van der Waals surface area contributed by atoms with E-state index in [1.54, 1.807) is 0 Å². The quantitative estimate of drug-likeness (QED) is 0.508. The third-order valence-electron chi connectivity index (χ3n) is 3.74. The zero-order valence-electron chi connectivity index (χ0n) is 14.6. The lowest BCUT2D eigenvalue weighted by Gasteiger charge is -2.10. The topological polar surface area (TPSA) is 84.8 Å². The van der Waals surface area contributed by atoms with Gasteiger partial charge in [-0.3, -0.25) is 0 Å². The number of ether oxygens (including phenoxy) is 1. The molecule has 136 valence electrons. The predicted octanol–water partition coefficient (Wildman–Crippen LogP) is 4.25. The molecule has 0 bridgehead atoms. The first-order valence-corrected chi connectivity index (χ1v) is 9.17. The van der Waals surface area contributed by atoms with Crippen LogP contribution in [0, 0.1) is 24.1 Å². The fourth-order valence-corrected chi connectivity index (χ4v) is 3.24. The van der Waals surface area contributed by atoms with Gasteiger partial charge in [-0.25, -0.2) is 14.4 Å². The summed E-state index contributed by atoms with van der Waals surface area (Å²) in [6, 6.07) is 15.8. The van der Waals surface area contributed by atoms with Gasteiger partial charge in [0.15, 0.2) is 5.16 Å². The minimum Gasteiger partial charge on any atom is -0.487 e. The van der Waals surface area contributed by atoms with Crippen molar-refractivity contribution in [3.05, 3.63) is 76.7 Å². The number of nitrogens with zero attached hydrogens (tertiary/aromatic N) is 3. The second-order valence-corrected chi connectivity index (χ2v) is 6.79. The van der Waals surface area contributed by atoms with Gasteiger partial charge in [-0.2, -0.15) is 5.26 Å². The van der Waals surface area contributed by atoms with Gasteiger partial charge in [0, 0.05) is 5.75 Å². The SMILES string of the molecule is Cc1cccc(CSc2nc(N)c(C#N)c(COc3ccc(F)cc3)n2)c1. The average Bonchev–Trinajstić information content (AvgIpc) is 2.66. The molecule has 0 atom stereocenters. The summed E-state index contributed by atoms with van der Waals surface area (Å²) in [5.74, 6) is 0.940. The fourth-order valence-electron chi connectivity index (χ4n) is 2.43. The number of nitrogen functional groups attached to an aromatic ring is 1. The smallest absolute Gasteiger partial charge is 0.190 e. The Morgan fingerprint density at radius 2 is 1.96 bits per heavy atom. The molecular weight excluding hydrogens is 363 g/mol. The van der Waals surface area contributed by atoms with Crippen LogP contribution >= 0.6 is 11.8 Å². The Labute approximate surface area is 161 Å². The molecule has 0 aliphatic rings. The van der Waals surface area contributed by atoms with Gasteiger partial charge >= 0.3 is 0 Å². The molecule has 0 unspecified atom stereocenters. The zero-order chi connectivity index (χ0) is 19.2. The number of hydrogen-bond donors (Lipinski definition) is 1. The summed E-state index contributed by atoms with van der Waals surface area (Å²) in [6.07, 6.45) is 0. The summed E-state index contributed by atoms with van der Waals surface area (Å²) in [7, 11) is 0. The lowest BCUT2D eigenvalue weighted by molar-refractivity contribution is 0.299. The van der Waals surface area contributed by atoms with Gasteiger partial charge in [0.1, 0.15) is 41.3 Å². The van der Waals surface area contributed by atoms with Gasteiger partial charge in [-0.1, -0.05) is 41.6 Å². The summed E-state index contributed by atoms with van der Waals surface area (Å²) in [6.45, 7) is 2.08. The van der Waals surface area contributed by atoms with E-state index >= 15 is 0 Å². The summed E-state index contributed by atoms with van der Waals surface area (Å²) in [5, 5.41) is 9.82. The van der Waals surface area contributed by atoms with E-state index in [0.29, 0.717) is 22.4 Å². The first-order valence-electron chi connectivity index (χ1n) is 8.18. The molecule has 0 aliphatic carbocycles. The Balaban J connectivity index is 1.76. The van der Waals surface area contributed by atoms with Crippen LogP contribution in [-0.2, 0) is 12.4 Å². The number of nitriles is 1. The molecule has 0 aliphatic heterocycles. The highest BCUT2D eigenvalue weighted by molar-refractivity contribution is 7.98. The highest BCUT2D eigenvalue weighted by Crippen LogP contribution is 2.24. The van der Waals surface area contributed by atoms with Crippen LogP contribution in [0.5, 0.6) is 5.75 Å². The van der Waals surface area contributed by atoms with Crippen LogP contribution in [-0.4, -0.2) is 9.97 Å². The molecule has 3 aromatic rings. The summed E-state index contributed by atoms with van der Waals surface area (Å²) < 4.78 is 18.6. The number of aryl methyl sites for hydroxylation is 1. The van der Waals surface area contributed by atoms with Crippen molar-refractivity contribution in [3.8, 4) is 11.8 Å². The van der Waals surface area contributed by atoms with E-state index in [1.807, 2.05) is 31.2 Å². The molecule has 3 rings (SSSR count). The number of benzene rings is 2. The summed E-state index contributed by atoms with van der Waals surface area (Å²) in [4.78, 5) is 8.64. The van der Waals surface area contributed by atoms with Crippen molar-refractivity contribution >= 4 is 17.6 Å². The molecule has 27 heavy (non-hydrogen) atoms. The zero-order valence-corrected chi connectivity index (χ0v) is 15.5. The molecule has 2 N–H and O–H groups in total. The van der Waals surface area contributed by atoms with Crippen LogP contribution < -0.4 is 10.5 Å². The van der Waals surface area contributed by atoms with E-state index in [-0.39, 0.29) is 23.8 Å². The predicted molar refractivity (Wildman–Crippen MR) is 103 cm³/mol. The minimum atomic E-state index is -0.346. The average molecular weight is 380 g/mol. The van der Waals surface area contributed by atoms with Gasteiger partial charge < -0.3 is 10.5 Å². The monoisotopic (exact) mass is 380 g/mol. The molecule has 5 nitrogen and oxygen atoms in total. The third-order valence-corrected chi connectivity index (χ3v) is 4.66. The van der Waals surface area contributed by atoms with Crippen LogP contribution in [0.2, 0.25) is 0 Å². The number of rotatable bonds is 6. The number of anilines is 1. The first kappa shape index (κ1) is 18.7. The maximum absolute atomic E-state index is 13.0. The minimum absolute atomic E-state index is 0.0409. The Morgan fingerprint density at radius 3 is 2.67 bits per heavy atom. The Kier molecular flexibility index (Phi) is 5.89. The lowest BCUT2D eigenvalue weighted by Crippen LogP contribution is -2.08. The maximum atomic E-state index is 13.0. The molecule has 0 spiro atoms. The molecule has 0 fully saturated rings. The summed E-state index contributed by atoms with van der Waals surface area (Å²) in [5.41, 5.74) is 8.85. The number of aromatic nitrogens is 2. The molecule has 0 saturated carbocycles. The number of halogens is 1. The fraction of sp³-hybridized carbons (Fsp3) is 0.150. The van der Waals surface area contributed by atoms with Crippen molar-refractivity contribution < 1.29 is 9.13 Å². The van der Waals surface area contributed by atoms with E-state index in [1.165, 1.54) is 41.6 Å². The van der Waals surface area contributed by atoms with Crippen molar-refractivity contribution in [2.45, 2.75) is 24.4 Å². The molecular formula is C20H17FN4OS. The number of hydrogen-bond acceptors (Lipinski definition) is 6. The highest BCUT2D eigenvalue weighted by atomic mass is 32.2.